The highest BCUT2D eigenvalue weighted by Gasteiger charge is 2.12. The zero-order valence-electron chi connectivity index (χ0n) is 8.64. The first kappa shape index (κ1) is 11.5. The molecule has 0 aliphatic heterocycles. The van der Waals surface area contributed by atoms with Crippen LogP contribution in [0.25, 0.3) is 0 Å². The standard InChI is InChI=1S/C11H15NO3/c1-8(11(12)14)15-10-5-3-2-4-9(10)6-7-13/h2-5,8,13H,6-7H2,1H3,(H2,12,14). The first-order valence-electron chi connectivity index (χ1n) is 4.80. The SMILES string of the molecule is CC(Oc1ccccc1CCO)C(N)=O. The van der Waals surface area contributed by atoms with Gasteiger partial charge in [0.2, 0.25) is 0 Å². The number of aliphatic hydroxyl groups excluding tert-OH is 1. The number of para-hydroxylation sites is 1. The highest BCUT2D eigenvalue weighted by atomic mass is 16.5. The fraction of sp³-hybridized carbons (Fsp3) is 0.364. The van der Waals surface area contributed by atoms with Crippen molar-refractivity contribution in [1.82, 2.24) is 0 Å². The molecule has 0 fully saturated rings. The van der Waals surface area contributed by atoms with Crippen LogP contribution in [0.1, 0.15) is 12.5 Å². The molecular weight excluding hydrogens is 194 g/mol. The second-order valence-electron chi connectivity index (χ2n) is 3.24. The summed E-state index contributed by atoms with van der Waals surface area (Å²) in [6.45, 7) is 1.64. The summed E-state index contributed by atoms with van der Waals surface area (Å²) in [7, 11) is 0. The number of rotatable bonds is 5. The summed E-state index contributed by atoms with van der Waals surface area (Å²) >= 11 is 0. The van der Waals surface area contributed by atoms with E-state index >= 15 is 0 Å². The average molecular weight is 209 g/mol. The molecule has 4 nitrogen and oxygen atoms in total. The monoisotopic (exact) mass is 209 g/mol. The van der Waals surface area contributed by atoms with E-state index in [0.29, 0.717) is 12.2 Å². The molecule has 1 atom stereocenters. The minimum Gasteiger partial charge on any atom is -0.481 e. The summed E-state index contributed by atoms with van der Waals surface area (Å²) < 4.78 is 5.37. The van der Waals surface area contributed by atoms with Gasteiger partial charge in [-0.3, -0.25) is 4.79 Å². The van der Waals surface area contributed by atoms with Crippen LogP contribution in [-0.2, 0) is 11.2 Å². The lowest BCUT2D eigenvalue weighted by molar-refractivity contribution is -0.124. The van der Waals surface area contributed by atoms with Crippen LogP contribution >= 0.6 is 0 Å². The van der Waals surface area contributed by atoms with Crippen molar-refractivity contribution in [2.24, 2.45) is 5.73 Å². The Labute approximate surface area is 88.7 Å². The molecule has 0 aliphatic rings. The molecule has 1 aromatic carbocycles. The number of hydrogen-bond acceptors (Lipinski definition) is 3. The molecule has 1 amide bonds. The molecule has 4 heteroatoms. The molecule has 0 spiro atoms. The van der Waals surface area contributed by atoms with E-state index in [1.165, 1.54) is 0 Å². The van der Waals surface area contributed by atoms with Gasteiger partial charge in [0.15, 0.2) is 6.10 Å². The van der Waals surface area contributed by atoms with Crippen LogP contribution in [0, 0.1) is 0 Å². The van der Waals surface area contributed by atoms with Gasteiger partial charge >= 0.3 is 0 Å². The quantitative estimate of drug-likeness (QED) is 0.740. The summed E-state index contributed by atoms with van der Waals surface area (Å²) in [5.41, 5.74) is 5.96. The predicted molar refractivity (Wildman–Crippen MR) is 56.5 cm³/mol. The molecule has 0 aromatic heterocycles. The molecule has 0 aliphatic carbocycles. The minimum atomic E-state index is -0.662. The van der Waals surface area contributed by atoms with Crippen LogP contribution < -0.4 is 10.5 Å². The van der Waals surface area contributed by atoms with Crippen molar-refractivity contribution < 1.29 is 14.6 Å². The van der Waals surface area contributed by atoms with E-state index in [4.69, 9.17) is 15.6 Å². The van der Waals surface area contributed by atoms with Crippen molar-refractivity contribution in [1.29, 1.82) is 0 Å². The largest absolute Gasteiger partial charge is 0.481 e. The zero-order chi connectivity index (χ0) is 11.3. The third kappa shape index (κ3) is 3.25. The number of nitrogens with two attached hydrogens (primary N) is 1. The van der Waals surface area contributed by atoms with Crippen molar-refractivity contribution in [2.75, 3.05) is 6.61 Å². The Bertz CT molecular complexity index is 338. The van der Waals surface area contributed by atoms with Crippen molar-refractivity contribution >= 4 is 5.91 Å². The summed E-state index contributed by atoms with van der Waals surface area (Å²) in [5.74, 6) is 0.0895. The van der Waals surface area contributed by atoms with Gasteiger partial charge in [-0.1, -0.05) is 18.2 Å². The van der Waals surface area contributed by atoms with Crippen LogP contribution in [-0.4, -0.2) is 23.7 Å². The summed E-state index contributed by atoms with van der Waals surface area (Å²) in [4.78, 5) is 10.8. The maximum Gasteiger partial charge on any atom is 0.258 e. The van der Waals surface area contributed by atoms with E-state index < -0.39 is 12.0 Å². The van der Waals surface area contributed by atoms with Gasteiger partial charge in [-0.15, -0.1) is 0 Å². The third-order valence-electron chi connectivity index (χ3n) is 2.06. The molecule has 0 saturated heterocycles. The fourth-order valence-electron chi connectivity index (χ4n) is 1.19. The van der Waals surface area contributed by atoms with E-state index in [9.17, 15) is 4.79 Å². The number of benzene rings is 1. The van der Waals surface area contributed by atoms with Gasteiger partial charge in [0, 0.05) is 6.61 Å². The number of aliphatic hydroxyl groups is 1. The van der Waals surface area contributed by atoms with Gasteiger partial charge in [-0.05, 0) is 25.0 Å². The van der Waals surface area contributed by atoms with Crippen molar-refractivity contribution in [3.8, 4) is 5.75 Å². The van der Waals surface area contributed by atoms with Crippen LogP contribution in [0.15, 0.2) is 24.3 Å². The molecule has 1 aromatic rings. The summed E-state index contributed by atoms with van der Waals surface area (Å²) in [6, 6.07) is 7.26. The van der Waals surface area contributed by atoms with Gasteiger partial charge in [0.1, 0.15) is 5.75 Å². The molecule has 82 valence electrons. The Morgan fingerprint density at radius 3 is 2.80 bits per heavy atom. The van der Waals surface area contributed by atoms with Gasteiger partial charge in [-0.25, -0.2) is 0 Å². The molecule has 0 saturated carbocycles. The maximum atomic E-state index is 10.8. The first-order valence-corrected chi connectivity index (χ1v) is 4.80. The third-order valence-corrected chi connectivity index (χ3v) is 2.06. The molecule has 0 heterocycles. The second kappa shape index (κ2) is 5.36. The highest BCUT2D eigenvalue weighted by molar-refractivity contribution is 5.78. The van der Waals surface area contributed by atoms with Crippen molar-refractivity contribution in [3.63, 3.8) is 0 Å². The van der Waals surface area contributed by atoms with Crippen LogP contribution in [0.3, 0.4) is 0 Å². The highest BCUT2D eigenvalue weighted by Crippen LogP contribution is 2.19. The van der Waals surface area contributed by atoms with Crippen molar-refractivity contribution in [2.45, 2.75) is 19.4 Å². The summed E-state index contributed by atoms with van der Waals surface area (Å²) in [6.07, 6.45) is -0.161. The molecule has 0 radical (unpaired) electrons. The molecule has 1 rings (SSSR count). The lowest BCUT2D eigenvalue weighted by atomic mass is 10.1. The number of carbonyl (C=O) groups excluding carboxylic acids is 1. The lowest BCUT2D eigenvalue weighted by Crippen LogP contribution is -2.30. The van der Waals surface area contributed by atoms with Crippen LogP contribution in [0.2, 0.25) is 0 Å². The number of carbonyl (C=O) groups is 1. The first-order chi connectivity index (χ1) is 7.15. The Kier molecular flexibility index (Phi) is 4.12. The van der Waals surface area contributed by atoms with E-state index in [-0.39, 0.29) is 6.61 Å². The van der Waals surface area contributed by atoms with Gasteiger partial charge in [0.25, 0.3) is 5.91 Å². The molecule has 3 N–H and O–H groups in total. The van der Waals surface area contributed by atoms with Gasteiger partial charge in [-0.2, -0.15) is 0 Å². The Morgan fingerprint density at radius 1 is 1.53 bits per heavy atom. The molecule has 15 heavy (non-hydrogen) atoms. The van der Waals surface area contributed by atoms with Crippen molar-refractivity contribution in [3.05, 3.63) is 29.8 Å². The predicted octanol–water partition coefficient (Wildman–Crippen LogP) is 0.474. The Morgan fingerprint density at radius 2 is 2.20 bits per heavy atom. The van der Waals surface area contributed by atoms with Crippen LogP contribution in [0.5, 0.6) is 5.75 Å². The number of amides is 1. The summed E-state index contributed by atoms with van der Waals surface area (Å²) in [5, 5.41) is 8.84. The second-order valence-corrected chi connectivity index (χ2v) is 3.24. The van der Waals surface area contributed by atoms with E-state index in [2.05, 4.69) is 0 Å². The number of ether oxygens (including phenoxy) is 1. The van der Waals surface area contributed by atoms with Crippen LogP contribution in [0.4, 0.5) is 0 Å². The zero-order valence-corrected chi connectivity index (χ0v) is 8.64. The number of hydrogen-bond donors (Lipinski definition) is 2. The van der Waals surface area contributed by atoms with E-state index in [0.717, 1.165) is 5.56 Å². The maximum absolute atomic E-state index is 10.8. The van der Waals surface area contributed by atoms with E-state index in [1.54, 1.807) is 13.0 Å². The number of primary amides is 1. The lowest BCUT2D eigenvalue weighted by Gasteiger charge is -2.14. The molecule has 0 bridgehead atoms. The minimum absolute atomic E-state index is 0.0470. The Hall–Kier alpha value is -1.55. The smallest absolute Gasteiger partial charge is 0.258 e. The normalized spacial score (nSPS) is 12.1. The Balaban J connectivity index is 2.79. The van der Waals surface area contributed by atoms with Gasteiger partial charge in [0.05, 0.1) is 0 Å². The van der Waals surface area contributed by atoms with E-state index in [1.807, 2.05) is 18.2 Å². The van der Waals surface area contributed by atoms with Gasteiger partial charge < -0.3 is 15.6 Å². The molecule has 1 unspecified atom stereocenters. The fourth-order valence-corrected chi connectivity index (χ4v) is 1.19. The topological polar surface area (TPSA) is 72.6 Å². The molecular formula is C11H15NO3. The average Bonchev–Trinajstić information content (AvgIpc) is 2.21.